The monoisotopic (exact) mass is 456 g/mol. The van der Waals surface area contributed by atoms with E-state index in [4.69, 9.17) is 23.7 Å². The number of nitrogens with zero attached hydrogens (tertiary/aromatic N) is 1. The molecule has 0 radical (unpaired) electrons. The number of ether oxygens (including phenoxy) is 5. The summed E-state index contributed by atoms with van der Waals surface area (Å²) in [7, 11) is 0. The average molecular weight is 456 g/mol. The van der Waals surface area contributed by atoms with Crippen LogP contribution in [0.3, 0.4) is 0 Å². The summed E-state index contributed by atoms with van der Waals surface area (Å²) in [5.41, 5.74) is -0.376. The largest absolute Gasteiger partial charge is 0.466 e. The molecule has 0 spiro atoms. The number of imidazole rings is 1. The molecule has 1 aromatic heterocycles. The number of nitrogens with one attached hydrogen (secondary N) is 1. The van der Waals surface area contributed by atoms with E-state index in [1.807, 2.05) is 0 Å². The van der Waals surface area contributed by atoms with Crippen molar-refractivity contribution in [3.05, 3.63) is 17.7 Å². The summed E-state index contributed by atoms with van der Waals surface area (Å²) >= 11 is 0. The van der Waals surface area contributed by atoms with Gasteiger partial charge >= 0.3 is 41.4 Å². The van der Waals surface area contributed by atoms with Crippen LogP contribution in [0.25, 0.3) is 0 Å². The molecule has 32 heavy (non-hydrogen) atoms. The number of carbonyl (C=O) groups excluding carboxylic acids is 6. The van der Waals surface area contributed by atoms with Crippen molar-refractivity contribution in [2.75, 3.05) is 6.61 Å². The molecule has 0 bridgehead atoms. The number of ketones is 1. The number of aromatic nitrogens is 2. The number of hydrogen-bond donors (Lipinski definition) is 1. The Kier molecular flexibility index (Phi) is 8.62. The Labute approximate surface area is 182 Å². The third-order valence-electron chi connectivity index (χ3n) is 3.69. The second-order valence-electron chi connectivity index (χ2n) is 6.54. The fourth-order valence-corrected chi connectivity index (χ4v) is 2.78. The minimum absolute atomic E-state index is 0.233. The minimum Gasteiger partial charge on any atom is -0.466 e. The molecule has 0 saturated carbocycles. The van der Waals surface area contributed by atoms with Crippen molar-refractivity contribution in [2.45, 2.75) is 59.5 Å². The van der Waals surface area contributed by atoms with Gasteiger partial charge in [0.05, 0.1) is 19.2 Å². The molecule has 0 saturated heterocycles. The zero-order chi connectivity index (χ0) is 24.7. The first-order chi connectivity index (χ1) is 14.7. The molecule has 13 nitrogen and oxygen atoms in total. The molecule has 1 aromatic rings. The van der Waals surface area contributed by atoms with Crippen LogP contribution in [0.1, 0.15) is 64.3 Å². The third-order valence-corrected chi connectivity index (χ3v) is 3.69. The standard InChI is InChI=1S/C19H24N2O11/c1-10(22)17-20-9-16(21-17)19(31-14(5)26,32-15(6)27)18(29-12(3)24,30-13(4)25)7-8-28-11(2)23/h9H,7-8H2,1-6H3,(H,20,21). The second-order valence-corrected chi connectivity index (χ2v) is 6.54. The molecule has 13 heteroatoms. The van der Waals surface area contributed by atoms with Gasteiger partial charge in [-0.05, 0) is 0 Å². The molecule has 176 valence electrons. The Bertz CT molecular complexity index is 886. The van der Waals surface area contributed by atoms with Gasteiger partial charge in [-0.1, -0.05) is 0 Å². The van der Waals surface area contributed by atoms with Gasteiger partial charge < -0.3 is 28.7 Å². The highest BCUT2D eigenvalue weighted by Gasteiger charge is 2.66. The number of Topliss-reactive ketones (excluding diaryl/α,β-unsaturated/α-hetero) is 1. The molecule has 1 rings (SSSR count). The number of aromatic amines is 1. The molecule has 0 aliphatic rings. The fourth-order valence-electron chi connectivity index (χ4n) is 2.78. The topological polar surface area (TPSA) is 177 Å². The van der Waals surface area contributed by atoms with E-state index < -0.39 is 60.2 Å². The maximum absolute atomic E-state index is 12.1. The third kappa shape index (κ3) is 6.36. The Hall–Kier alpha value is -3.77. The number of rotatable bonds is 10. The van der Waals surface area contributed by atoms with E-state index in [1.54, 1.807) is 0 Å². The molecule has 0 aliphatic carbocycles. The summed E-state index contributed by atoms with van der Waals surface area (Å²) in [6.45, 7) is 5.53. The summed E-state index contributed by atoms with van der Waals surface area (Å²) in [6.07, 6.45) is 0.330. The predicted molar refractivity (Wildman–Crippen MR) is 101 cm³/mol. The first-order valence-corrected chi connectivity index (χ1v) is 9.22. The summed E-state index contributed by atoms with van der Waals surface area (Å²) in [4.78, 5) is 77.5. The zero-order valence-corrected chi connectivity index (χ0v) is 18.4. The van der Waals surface area contributed by atoms with Gasteiger partial charge in [-0.2, -0.15) is 0 Å². The maximum Gasteiger partial charge on any atom is 0.379 e. The van der Waals surface area contributed by atoms with Gasteiger partial charge in [0.2, 0.25) is 0 Å². The van der Waals surface area contributed by atoms with Gasteiger partial charge in [0.15, 0.2) is 11.6 Å². The summed E-state index contributed by atoms with van der Waals surface area (Å²) in [5.74, 6) is -11.2. The highest BCUT2D eigenvalue weighted by atomic mass is 16.8. The maximum atomic E-state index is 12.1. The van der Waals surface area contributed by atoms with E-state index in [1.165, 1.54) is 6.92 Å². The van der Waals surface area contributed by atoms with Crippen LogP contribution in [0.4, 0.5) is 0 Å². The van der Waals surface area contributed by atoms with E-state index in [0.717, 1.165) is 40.8 Å². The van der Waals surface area contributed by atoms with Gasteiger partial charge in [-0.15, -0.1) is 0 Å². The lowest BCUT2D eigenvalue weighted by Gasteiger charge is -2.44. The molecule has 0 aliphatic heterocycles. The summed E-state index contributed by atoms with van der Waals surface area (Å²) in [5, 5.41) is 0. The Morgan fingerprint density at radius 3 is 1.59 bits per heavy atom. The summed E-state index contributed by atoms with van der Waals surface area (Å²) in [6, 6.07) is 0. The number of hydrogen-bond acceptors (Lipinski definition) is 12. The second kappa shape index (κ2) is 10.5. The van der Waals surface area contributed by atoms with Crippen molar-refractivity contribution >= 4 is 35.6 Å². The van der Waals surface area contributed by atoms with E-state index in [0.29, 0.717) is 0 Å². The van der Waals surface area contributed by atoms with Crippen molar-refractivity contribution in [3.63, 3.8) is 0 Å². The molecule has 1 heterocycles. The molecular weight excluding hydrogens is 432 g/mol. The lowest BCUT2D eigenvalue weighted by atomic mass is 9.97. The van der Waals surface area contributed by atoms with E-state index in [9.17, 15) is 28.8 Å². The first-order valence-electron chi connectivity index (χ1n) is 9.22. The van der Waals surface area contributed by atoms with Crippen LogP contribution < -0.4 is 0 Å². The summed E-state index contributed by atoms with van der Waals surface area (Å²) < 4.78 is 26.0. The quantitative estimate of drug-likeness (QED) is 0.225. The van der Waals surface area contributed by atoms with Gasteiger partial charge in [0.25, 0.3) is 0 Å². The molecule has 0 atom stereocenters. The Balaban J connectivity index is 3.95. The van der Waals surface area contributed by atoms with Crippen LogP contribution in [0.15, 0.2) is 6.20 Å². The molecule has 0 aromatic carbocycles. The van der Waals surface area contributed by atoms with E-state index in [2.05, 4.69) is 9.97 Å². The molecular formula is C19H24N2O11. The Morgan fingerprint density at radius 1 is 0.781 bits per heavy atom. The van der Waals surface area contributed by atoms with Crippen molar-refractivity contribution in [1.82, 2.24) is 9.97 Å². The first kappa shape index (κ1) is 26.3. The van der Waals surface area contributed by atoms with Gasteiger partial charge in [-0.3, -0.25) is 28.8 Å². The molecule has 1 N–H and O–H groups in total. The molecule has 0 amide bonds. The Morgan fingerprint density at radius 2 is 1.25 bits per heavy atom. The molecule has 0 fully saturated rings. The van der Waals surface area contributed by atoms with Crippen LogP contribution in [0.2, 0.25) is 0 Å². The zero-order valence-electron chi connectivity index (χ0n) is 18.4. The fraction of sp³-hybridized carbons (Fsp3) is 0.526. The van der Waals surface area contributed by atoms with Crippen LogP contribution >= 0.6 is 0 Å². The molecule has 0 unspecified atom stereocenters. The number of H-pyrrole nitrogens is 1. The lowest BCUT2D eigenvalue weighted by Crippen LogP contribution is -2.61. The predicted octanol–water partition coefficient (Wildman–Crippen LogP) is 0.667. The van der Waals surface area contributed by atoms with Gasteiger partial charge in [-0.25, -0.2) is 4.98 Å². The number of carbonyl (C=O) groups is 6. The van der Waals surface area contributed by atoms with Crippen molar-refractivity contribution in [1.29, 1.82) is 0 Å². The van der Waals surface area contributed by atoms with Gasteiger partial charge in [0, 0.05) is 41.5 Å². The average Bonchev–Trinajstić information content (AvgIpc) is 3.09. The van der Waals surface area contributed by atoms with Crippen molar-refractivity contribution in [2.24, 2.45) is 0 Å². The van der Waals surface area contributed by atoms with E-state index >= 15 is 0 Å². The van der Waals surface area contributed by atoms with E-state index in [-0.39, 0.29) is 11.5 Å². The normalized spacial score (nSPS) is 11.2. The lowest BCUT2D eigenvalue weighted by molar-refractivity contribution is -0.375. The highest BCUT2D eigenvalue weighted by Crippen LogP contribution is 2.44. The van der Waals surface area contributed by atoms with Crippen LogP contribution in [-0.2, 0) is 53.4 Å². The SMILES string of the molecule is CC(=O)OCCC(OC(C)=O)(OC(C)=O)C(OC(C)=O)(OC(C)=O)c1cnc(C(C)=O)[nH]1. The van der Waals surface area contributed by atoms with Crippen molar-refractivity contribution in [3.8, 4) is 0 Å². The minimum atomic E-state index is -2.79. The van der Waals surface area contributed by atoms with Crippen molar-refractivity contribution < 1.29 is 52.5 Å². The van der Waals surface area contributed by atoms with Crippen LogP contribution in [-0.4, -0.2) is 58.0 Å². The van der Waals surface area contributed by atoms with Crippen LogP contribution in [0, 0.1) is 0 Å². The highest BCUT2D eigenvalue weighted by molar-refractivity contribution is 5.90. The number of esters is 5. The van der Waals surface area contributed by atoms with Crippen LogP contribution in [0.5, 0.6) is 0 Å². The van der Waals surface area contributed by atoms with Gasteiger partial charge in [0.1, 0.15) is 5.69 Å². The smallest absolute Gasteiger partial charge is 0.379 e.